The minimum atomic E-state index is 0.0165. The normalized spacial score (nSPS) is 14.4. The fraction of sp³-hybridized carbons (Fsp3) is 0.346. The largest absolute Gasteiger partial charge is 0.383 e. The average Bonchev–Trinajstić information content (AvgIpc) is 2.89. The van der Waals surface area contributed by atoms with Gasteiger partial charge in [0, 0.05) is 74.1 Å². The van der Waals surface area contributed by atoms with Crippen LogP contribution in [0.15, 0.2) is 60.8 Å². The first kappa shape index (κ1) is 24.3. The lowest BCUT2D eigenvalue weighted by Gasteiger charge is -2.36. The third-order valence-electron chi connectivity index (χ3n) is 5.85. The topological polar surface area (TPSA) is 111 Å². The molecule has 2 heterocycles. The van der Waals surface area contributed by atoms with Crippen molar-refractivity contribution in [3.8, 4) is 11.3 Å². The van der Waals surface area contributed by atoms with Crippen molar-refractivity contribution in [2.45, 2.75) is 19.9 Å². The van der Waals surface area contributed by atoms with Gasteiger partial charge in [-0.3, -0.25) is 0 Å². The number of nitrogens with zero attached hydrogens (tertiary/aromatic N) is 4. The average molecular weight is 475 g/mol. The number of urea groups is 1. The summed E-state index contributed by atoms with van der Waals surface area (Å²) in [6.07, 6.45) is 1.76. The van der Waals surface area contributed by atoms with E-state index in [-0.39, 0.29) is 12.1 Å². The molecule has 1 saturated heterocycles. The Labute approximate surface area is 206 Å². The molecule has 35 heavy (non-hydrogen) atoms. The van der Waals surface area contributed by atoms with Gasteiger partial charge in [0.05, 0.1) is 5.69 Å². The third-order valence-corrected chi connectivity index (χ3v) is 5.85. The predicted molar refractivity (Wildman–Crippen MR) is 142 cm³/mol. The second-order valence-electron chi connectivity index (χ2n) is 8.68. The van der Waals surface area contributed by atoms with E-state index in [1.807, 2.05) is 61.2 Å². The van der Waals surface area contributed by atoms with Gasteiger partial charge in [-0.05, 0) is 56.3 Å². The summed E-state index contributed by atoms with van der Waals surface area (Å²) in [4.78, 5) is 25.2. The van der Waals surface area contributed by atoms with Gasteiger partial charge in [0.2, 0.25) is 5.95 Å². The molecule has 1 aliphatic heterocycles. The molecule has 9 nitrogen and oxygen atoms in total. The second-order valence-corrected chi connectivity index (χ2v) is 8.68. The van der Waals surface area contributed by atoms with Crippen molar-refractivity contribution in [3.63, 3.8) is 0 Å². The van der Waals surface area contributed by atoms with Crippen molar-refractivity contribution in [1.29, 1.82) is 0 Å². The number of aromatic nitrogens is 2. The second kappa shape index (κ2) is 11.5. The van der Waals surface area contributed by atoms with Crippen LogP contribution in [0.3, 0.4) is 0 Å². The van der Waals surface area contributed by atoms with E-state index in [1.165, 1.54) is 0 Å². The molecule has 0 spiro atoms. The van der Waals surface area contributed by atoms with Crippen molar-refractivity contribution in [2.24, 2.45) is 5.73 Å². The number of anilines is 4. The standard InChI is InChI=1S/C26H34N8O/c1-3-28-26(35)34-16-14-33(15-17-34)23-10-8-22(9-11-23)31-25-29-13-12-24(32-25)20-4-6-21(7-5-20)30-18-19(2)27/h4-13,19,30H,3,14-18,27H2,1-2H3,(H,28,35)(H,29,31,32)/t19-/m1/s1. The zero-order valence-electron chi connectivity index (χ0n) is 20.4. The Morgan fingerprint density at radius 2 is 1.69 bits per heavy atom. The molecule has 5 N–H and O–H groups in total. The fourth-order valence-electron chi connectivity index (χ4n) is 3.93. The SMILES string of the molecule is CCNC(=O)N1CCN(c2ccc(Nc3nccc(-c4ccc(NC[C@@H](C)N)cc4)n3)cc2)CC1. The molecule has 1 atom stereocenters. The molecule has 2 amide bonds. The zero-order chi connectivity index (χ0) is 24.6. The minimum Gasteiger partial charge on any atom is -0.383 e. The lowest BCUT2D eigenvalue weighted by atomic mass is 10.1. The van der Waals surface area contributed by atoms with E-state index in [9.17, 15) is 4.79 Å². The van der Waals surface area contributed by atoms with E-state index < -0.39 is 0 Å². The number of rotatable bonds is 8. The quantitative estimate of drug-likeness (QED) is 0.395. The van der Waals surface area contributed by atoms with Crippen molar-refractivity contribution in [2.75, 3.05) is 54.8 Å². The van der Waals surface area contributed by atoms with Gasteiger partial charge in [-0.15, -0.1) is 0 Å². The molecule has 0 saturated carbocycles. The lowest BCUT2D eigenvalue weighted by Crippen LogP contribution is -2.51. The monoisotopic (exact) mass is 474 g/mol. The van der Waals surface area contributed by atoms with Gasteiger partial charge in [0.25, 0.3) is 0 Å². The Balaban J connectivity index is 1.35. The van der Waals surface area contributed by atoms with Gasteiger partial charge in [-0.25, -0.2) is 14.8 Å². The van der Waals surface area contributed by atoms with Gasteiger partial charge < -0.3 is 31.5 Å². The number of carbonyl (C=O) groups is 1. The van der Waals surface area contributed by atoms with Gasteiger partial charge in [-0.1, -0.05) is 12.1 Å². The number of hydrogen-bond acceptors (Lipinski definition) is 7. The first-order valence-corrected chi connectivity index (χ1v) is 12.1. The number of benzene rings is 2. The molecule has 184 valence electrons. The Kier molecular flexibility index (Phi) is 7.99. The number of carbonyl (C=O) groups excluding carboxylic acids is 1. The number of nitrogens with two attached hydrogens (primary N) is 1. The maximum absolute atomic E-state index is 12.0. The fourth-order valence-corrected chi connectivity index (χ4v) is 3.93. The van der Waals surface area contributed by atoms with Crippen LogP contribution in [0.2, 0.25) is 0 Å². The summed E-state index contributed by atoms with van der Waals surface area (Å²) in [5.74, 6) is 0.546. The molecular weight excluding hydrogens is 440 g/mol. The van der Waals surface area contributed by atoms with Gasteiger partial charge in [0.1, 0.15) is 0 Å². The van der Waals surface area contributed by atoms with Crippen molar-refractivity contribution < 1.29 is 4.79 Å². The van der Waals surface area contributed by atoms with Crippen LogP contribution in [0.25, 0.3) is 11.3 Å². The van der Waals surface area contributed by atoms with Crippen molar-refractivity contribution in [1.82, 2.24) is 20.2 Å². The van der Waals surface area contributed by atoms with Crippen molar-refractivity contribution in [3.05, 3.63) is 60.8 Å². The Morgan fingerprint density at radius 1 is 1.00 bits per heavy atom. The Morgan fingerprint density at radius 3 is 2.34 bits per heavy atom. The van der Waals surface area contributed by atoms with Crippen LogP contribution in [0, 0.1) is 0 Å². The molecule has 9 heteroatoms. The van der Waals surface area contributed by atoms with E-state index in [4.69, 9.17) is 5.73 Å². The van der Waals surface area contributed by atoms with Gasteiger partial charge in [-0.2, -0.15) is 0 Å². The van der Waals surface area contributed by atoms with Crippen LogP contribution in [-0.4, -0.2) is 66.2 Å². The first-order chi connectivity index (χ1) is 17.0. The molecule has 3 aromatic rings. The number of hydrogen-bond donors (Lipinski definition) is 4. The summed E-state index contributed by atoms with van der Waals surface area (Å²) in [6, 6.07) is 18.4. The molecule has 0 unspecified atom stereocenters. The minimum absolute atomic E-state index is 0.0165. The van der Waals surface area contributed by atoms with Crippen LogP contribution in [-0.2, 0) is 0 Å². The molecular formula is C26H34N8O. The van der Waals surface area contributed by atoms with E-state index in [1.54, 1.807) is 6.20 Å². The van der Waals surface area contributed by atoms with Crippen LogP contribution in [0.4, 0.5) is 27.8 Å². The van der Waals surface area contributed by atoms with E-state index >= 15 is 0 Å². The summed E-state index contributed by atoms with van der Waals surface area (Å²) in [6.45, 7) is 8.35. The molecule has 1 aliphatic rings. The highest BCUT2D eigenvalue weighted by molar-refractivity contribution is 5.74. The number of piperazine rings is 1. The van der Waals surface area contributed by atoms with Gasteiger partial charge >= 0.3 is 6.03 Å². The number of nitrogens with one attached hydrogen (secondary N) is 3. The maximum atomic E-state index is 12.0. The molecule has 0 aliphatic carbocycles. The highest BCUT2D eigenvalue weighted by Gasteiger charge is 2.20. The van der Waals surface area contributed by atoms with Gasteiger partial charge in [0.15, 0.2) is 0 Å². The predicted octanol–water partition coefficient (Wildman–Crippen LogP) is 3.50. The maximum Gasteiger partial charge on any atom is 0.317 e. The molecule has 4 rings (SSSR count). The smallest absolute Gasteiger partial charge is 0.317 e. The highest BCUT2D eigenvalue weighted by Crippen LogP contribution is 2.23. The molecule has 1 aromatic heterocycles. The van der Waals surface area contributed by atoms with Crippen molar-refractivity contribution >= 4 is 29.0 Å². The van der Waals surface area contributed by atoms with E-state index in [2.05, 4.69) is 43.0 Å². The Bertz CT molecular complexity index is 1090. The summed E-state index contributed by atoms with van der Waals surface area (Å²) < 4.78 is 0. The third kappa shape index (κ3) is 6.60. The van der Waals surface area contributed by atoms with Crippen LogP contribution >= 0.6 is 0 Å². The van der Waals surface area contributed by atoms with Crippen LogP contribution in [0.1, 0.15) is 13.8 Å². The van der Waals surface area contributed by atoms with E-state index in [0.717, 1.165) is 61.0 Å². The lowest BCUT2D eigenvalue weighted by molar-refractivity contribution is 0.195. The molecule has 1 fully saturated rings. The summed E-state index contributed by atoms with van der Waals surface area (Å²) in [7, 11) is 0. The Hall–Kier alpha value is -3.85. The highest BCUT2D eigenvalue weighted by atomic mass is 16.2. The van der Waals surface area contributed by atoms with E-state index in [0.29, 0.717) is 12.5 Å². The number of amides is 2. The molecule has 0 bridgehead atoms. The summed E-state index contributed by atoms with van der Waals surface area (Å²) in [5.41, 5.74) is 10.8. The molecule has 0 radical (unpaired) electrons. The zero-order valence-corrected chi connectivity index (χ0v) is 20.4. The van der Waals surface area contributed by atoms with Crippen LogP contribution < -0.4 is 26.6 Å². The molecule has 2 aromatic carbocycles. The van der Waals surface area contributed by atoms with Crippen LogP contribution in [0.5, 0.6) is 0 Å². The summed E-state index contributed by atoms with van der Waals surface area (Å²) >= 11 is 0. The summed E-state index contributed by atoms with van der Waals surface area (Å²) in [5, 5.41) is 9.48. The first-order valence-electron chi connectivity index (χ1n) is 12.1.